The number of carbonyl (C=O) groups is 2. The lowest BCUT2D eigenvalue weighted by Crippen LogP contribution is -2.46. The van der Waals surface area contributed by atoms with Gasteiger partial charge in [0.15, 0.2) is 5.78 Å². The van der Waals surface area contributed by atoms with Crippen LogP contribution in [0, 0.1) is 0 Å². The Balaban J connectivity index is 2.50. The SMILES string of the molecule is COCC(=O)[C@H]1OCC[C@H]1NC(=O)OC(C)(C)C. The monoisotopic (exact) mass is 259 g/mol. The Bertz CT molecular complexity index is 310. The Morgan fingerprint density at radius 2 is 2.06 bits per heavy atom. The molecule has 0 saturated carbocycles. The molecule has 0 aliphatic carbocycles. The van der Waals surface area contributed by atoms with E-state index in [9.17, 15) is 9.59 Å². The zero-order valence-corrected chi connectivity index (χ0v) is 11.3. The number of methoxy groups -OCH3 is 1. The van der Waals surface area contributed by atoms with Crippen molar-refractivity contribution in [2.45, 2.75) is 44.9 Å². The molecule has 18 heavy (non-hydrogen) atoms. The van der Waals surface area contributed by atoms with Crippen LogP contribution in [0.5, 0.6) is 0 Å². The molecule has 0 bridgehead atoms. The van der Waals surface area contributed by atoms with E-state index in [1.807, 2.05) is 0 Å². The smallest absolute Gasteiger partial charge is 0.407 e. The van der Waals surface area contributed by atoms with Crippen LogP contribution < -0.4 is 5.32 Å². The minimum Gasteiger partial charge on any atom is -0.444 e. The number of Topliss-reactive ketones (excluding diaryl/α,β-unsaturated/α-hetero) is 1. The van der Waals surface area contributed by atoms with Crippen molar-refractivity contribution in [2.75, 3.05) is 20.3 Å². The Hall–Kier alpha value is -1.14. The number of carbonyl (C=O) groups excluding carboxylic acids is 2. The molecular weight excluding hydrogens is 238 g/mol. The molecule has 1 aliphatic rings. The highest BCUT2D eigenvalue weighted by Crippen LogP contribution is 2.16. The van der Waals surface area contributed by atoms with Gasteiger partial charge in [0.1, 0.15) is 18.3 Å². The Kier molecular flexibility index (Phi) is 5.10. The van der Waals surface area contributed by atoms with Gasteiger partial charge in [-0.05, 0) is 27.2 Å². The molecular formula is C12H21NO5. The highest BCUT2D eigenvalue weighted by molar-refractivity contribution is 5.86. The summed E-state index contributed by atoms with van der Waals surface area (Å²) in [7, 11) is 1.45. The van der Waals surface area contributed by atoms with Crippen molar-refractivity contribution in [3.05, 3.63) is 0 Å². The van der Waals surface area contributed by atoms with E-state index in [1.54, 1.807) is 20.8 Å². The van der Waals surface area contributed by atoms with Gasteiger partial charge in [0, 0.05) is 13.7 Å². The normalized spacial score (nSPS) is 23.8. The second-order valence-corrected chi connectivity index (χ2v) is 5.23. The molecule has 2 atom stereocenters. The Labute approximate surface area is 107 Å². The lowest BCUT2D eigenvalue weighted by Gasteiger charge is -2.23. The maximum absolute atomic E-state index is 11.7. The predicted molar refractivity (Wildman–Crippen MR) is 64.4 cm³/mol. The number of hydrogen-bond donors (Lipinski definition) is 1. The molecule has 6 heteroatoms. The number of ether oxygens (including phenoxy) is 3. The third kappa shape index (κ3) is 4.62. The molecule has 1 saturated heterocycles. The molecule has 0 unspecified atom stereocenters. The topological polar surface area (TPSA) is 73.9 Å². The van der Waals surface area contributed by atoms with Crippen LogP contribution in [0.25, 0.3) is 0 Å². The van der Waals surface area contributed by atoms with Gasteiger partial charge in [-0.3, -0.25) is 4.79 Å². The zero-order chi connectivity index (χ0) is 13.8. The molecule has 1 heterocycles. The molecule has 1 fully saturated rings. The van der Waals surface area contributed by atoms with Crippen molar-refractivity contribution in [2.24, 2.45) is 0 Å². The summed E-state index contributed by atoms with van der Waals surface area (Å²) in [5, 5.41) is 2.66. The van der Waals surface area contributed by atoms with Crippen LogP contribution in [-0.4, -0.2) is 49.9 Å². The minimum absolute atomic E-state index is 0.0167. The van der Waals surface area contributed by atoms with Crippen molar-refractivity contribution in [1.82, 2.24) is 5.32 Å². The van der Waals surface area contributed by atoms with E-state index in [0.29, 0.717) is 13.0 Å². The first-order chi connectivity index (χ1) is 8.33. The summed E-state index contributed by atoms with van der Waals surface area (Å²) in [5.41, 5.74) is -0.560. The van der Waals surface area contributed by atoms with Crippen molar-refractivity contribution in [3.8, 4) is 0 Å². The van der Waals surface area contributed by atoms with Gasteiger partial charge in [-0.25, -0.2) is 4.79 Å². The highest BCUT2D eigenvalue weighted by Gasteiger charge is 2.35. The number of ketones is 1. The Morgan fingerprint density at radius 1 is 1.39 bits per heavy atom. The maximum atomic E-state index is 11.7. The fraction of sp³-hybridized carbons (Fsp3) is 0.833. The van der Waals surface area contributed by atoms with E-state index in [4.69, 9.17) is 14.2 Å². The van der Waals surface area contributed by atoms with E-state index in [-0.39, 0.29) is 18.4 Å². The largest absolute Gasteiger partial charge is 0.444 e. The van der Waals surface area contributed by atoms with Crippen LogP contribution in [0.1, 0.15) is 27.2 Å². The fourth-order valence-electron chi connectivity index (χ4n) is 1.74. The molecule has 1 amide bonds. The van der Waals surface area contributed by atoms with Crippen LogP contribution in [0.3, 0.4) is 0 Å². The summed E-state index contributed by atoms with van der Waals surface area (Å²) in [6.45, 7) is 5.78. The molecule has 1 aliphatic heterocycles. The van der Waals surface area contributed by atoms with Crippen LogP contribution in [0.4, 0.5) is 4.79 Å². The number of alkyl carbamates (subject to hydrolysis) is 1. The van der Waals surface area contributed by atoms with E-state index in [2.05, 4.69) is 5.32 Å². The van der Waals surface area contributed by atoms with E-state index in [0.717, 1.165) is 0 Å². The lowest BCUT2D eigenvalue weighted by atomic mass is 10.1. The van der Waals surface area contributed by atoms with Gasteiger partial charge in [0.2, 0.25) is 0 Å². The van der Waals surface area contributed by atoms with Gasteiger partial charge < -0.3 is 19.5 Å². The maximum Gasteiger partial charge on any atom is 0.407 e. The molecule has 0 spiro atoms. The first-order valence-corrected chi connectivity index (χ1v) is 5.96. The summed E-state index contributed by atoms with van der Waals surface area (Å²) in [4.78, 5) is 23.3. The van der Waals surface area contributed by atoms with Gasteiger partial charge in [0.05, 0.1) is 6.04 Å². The van der Waals surface area contributed by atoms with Crippen molar-refractivity contribution in [1.29, 1.82) is 0 Å². The number of nitrogens with one attached hydrogen (secondary N) is 1. The second-order valence-electron chi connectivity index (χ2n) is 5.23. The number of hydrogen-bond acceptors (Lipinski definition) is 5. The summed E-state index contributed by atoms with van der Waals surface area (Å²) >= 11 is 0. The molecule has 1 rings (SSSR count). The summed E-state index contributed by atoms with van der Waals surface area (Å²) in [6.07, 6.45) is -0.579. The number of rotatable bonds is 4. The van der Waals surface area contributed by atoms with Crippen molar-refractivity contribution >= 4 is 11.9 Å². The predicted octanol–water partition coefficient (Wildman–Crippen LogP) is 0.884. The molecule has 0 radical (unpaired) electrons. The van der Waals surface area contributed by atoms with Crippen LogP contribution in [0.15, 0.2) is 0 Å². The highest BCUT2D eigenvalue weighted by atomic mass is 16.6. The van der Waals surface area contributed by atoms with Crippen molar-refractivity contribution < 1.29 is 23.8 Å². The van der Waals surface area contributed by atoms with E-state index < -0.39 is 17.8 Å². The summed E-state index contributed by atoms with van der Waals surface area (Å²) in [6, 6.07) is -0.345. The summed E-state index contributed by atoms with van der Waals surface area (Å²) in [5.74, 6) is -0.170. The first kappa shape index (κ1) is 14.9. The van der Waals surface area contributed by atoms with Gasteiger partial charge >= 0.3 is 6.09 Å². The zero-order valence-electron chi connectivity index (χ0n) is 11.3. The number of amides is 1. The van der Waals surface area contributed by atoms with E-state index >= 15 is 0 Å². The fourth-order valence-corrected chi connectivity index (χ4v) is 1.74. The third-order valence-electron chi connectivity index (χ3n) is 2.40. The first-order valence-electron chi connectivity index (χ1n) is 5.96. The van der Waals surface area contributed by atoms with Crippen LogP contribution in [-0.2, 0) is 19.0 Å². The third-order valence-corrected chi connectivity index (χ3v) is 2.40. The van der Waals surface area contributed by atoms with Gasteiger partial charge in [-0.15, -0.1) is 0 Å². The molecule has 6 nitrogen and oxygen atoms in total. The molecule has 0 aromatic carbocycles. The van der Waals surface area contributed by atoms with Crippen LogP contribution in [0.2, 0.25) is 0 Å². The summed E-state index contributed by atoms with van der Waals surface area (Å²) < 4.78 is 15.2. The lowest BCUT2D eigenvalue weighted by molar-refractivity contribution is -0.132. The van der Waals surface area contributed by atoms with Crippen LogP contribution >= 0.6 is 0 Å². The molecule has 0 aromatic rings. The van der Waals surface area contributed by atoms with E-state index in [1.165, 1.54) is 7.11 Å². The molecule has 0 aromatic heterocycles. The molecule has 104 valence electrons. The average molecular weight is 259 g/mol. The van der Waals surface area contributed by atoms with Gasteiger partial charge in [0.25, 0.3) is 0 Å². The van der Waals surface area contributed by atoms with Gasteiger partial charge in [-0.1, -0.05) is 0 Å². The molecule has 1 N–H and O–H groups in total. The average Bonchev–Trinajstić information content (AvgIpc) is 2.62. The van der Waals surface area contributed by atoms with Gasteiger partial charge in [-0.2, -0.15) is 0 Å². The van der Waals surface area contributed by atoms with Crippen molar-refractivity contribution in [3.63, 3.8) is 0 Å². The Morgan fingerprint density at radius 3 is 2.61 bits per heavy atom. The quantitative estimate of drug-likeness (QED) is 0.811. The minimum atomic E-state index is -0.641. The standard InChI is InChI=1S/C12H21NO5/c1-12(2,3)18-11(15)13-8-5-6-17-10(8)9(14)7-16-4/h8,10H,5-7H2,1-4H3,(H,13,15)/t8-,10+/m1/s1. The second kappa shape index (κ2) is 6.15.